The number of hydrogen-bond acceptors (Lipinski definition) is 7. The molecule has 0 amide bonds. The Morgan fingerprint density at radius 2 is 2.22 bits per heavy atom. The molecule has 8 heteroatoms. The second-order valence-electron chi connectivity index (χ2n) is 3.71. The number of rotatable bonds is 4. The van der Waals surface area contributed by atoms with Crippen LogP contribution in [0.1, 0.15) is 11.7 Å². The topological polar surface area (TPSA) is 98.0 Å². The van der Waals surface area contributed by atoms with Crippen LogP contribution in [0.3, 0.4) is 0 Å². The van der Waals surface area contributed by atoms with Crippen LogP contribution < -0.4 is 5.32 Å². The van der Waals surface area contributed by atoms with Gasteiger partial charge in [-0.25, -0.2) is 13.4 Å². The van der Waals surface area contributed by atoms with Crippen LogP contribution in [0.2, 0.25) is 0 Å². The number of nitrogens with zero attached hydrogens (tertiary/aromatic N) is 3. The summed E-state index contributed by atoms with van der Waals surface area (Å²) in [5, 5.41) is 6.50. The molecule has 0 aromatic carbocycles. The van der Waals surface area contributed by atoms with E-state index >= 15 is 0 Å². The van der Waals surface area contributed by atoms with Crippen molar-refractivity contribution in [3.05, 3.63) is 30.0 Å². The van der Waals surface area contributed by atoms with Crippen molar-refractivity contribution in [2.45, 2.75) is 18.4 Å². The van der Waals surface area contributed by atoms with Gasteiger partial charge in [0, 0.05) is 12.5 Å². The molecular weight excluding hydrogens is 256 g/mol. The molecule has 0 aliphatic rings. The smallest absolute Gasteiger partial charge is 0.245 e. The zero-order valence-corrected chi connectivity index (χ0v) is 10.7. The quantitative estimate of drug-likeness (QED) is 0.875. The van der Waals surface area contributed by atoms with Gasteiger partial charge < -0.3 is 9.84 Å². The summed E-state index contributed by atoms with van der Waals surface area (Å²) >= 11 is 0. The molecule has 0 bridgehead atoms. The monoisotopic (exact) mass is 268 g/mol. The molecule has 0 radical (unpaired) electrons. The third-order valence-electron chi connectivity index (χ3n) is 2.15. The molecule has 0 spiro atoms. The number of sulfone groups is 1. The van der Waals surface area contributed by atoms with Crippen LogP contribution in [-0.2, 0) is 16.4 Å². The Hall–Kier alpha value is -1.96. The Morgan fingerprint density at radius 1 is 1.44 bits per heavy atom. The molecule has 7 nitrogen and oxygen atoms in total. The maximum absolute atomic E-state index is 11.5. The van der Waals surface area contributed by atoms with Gasteiger partial charge in [-0.15, -0.1) is 0 Å². The van der Waals surface area contributed by atoms with Gasteiger partial charge in [-0.2, -0.15) is 4.98 Å². The van der Waals surface area contributed by atoms with Crippen molar-refractivity contribution in [2.75, 3.05) is 11.6 Å². The highest BCUT2D eigenvalue weighted by molar-refractivity contribution is 7.90. The second kappa shape index (κ2) is 4.73. The average molecular weight is 268 g/mol. The Kier molecular flexibility index (Phi) is 3.28. The fourth-order valence-electron chi connectivity index (χ4n) is 1.39. The summed E-state index contributed by atoms with van der Waals surface area (Å²) < 4.78 is 28.0. The van der Waals surface area contributed by atoms with Gasteiger partial charge in [-0.05, 0) is 19.1 Å². The van der Waals surface area contributed by atoms with Gasteiger partial charge in [0.05, 0.1) is 6.54 Å². The molecule has 96 valence electrons. The van der Waals surface area contributed by atoms with Gasteiger partial charge in [0.25, 0.3) is 0 Å². The molecule has 2 rings (SSSR count). The summed E-state index contributed by atoms with van der Waals surface area (Å²) in [6, 6.07) is 3.06. The normalized spacial score (nSPS) is 11.4. The van der Waals surface area contributed by atoms with E-state index in [1.54, 1.807) is 13.0 Å². The molecule has 0 fully saturated rings. The van der Waals surface area contributed by atoms with Crippen LogP contribution in [0.25, 0.3) is 0 Å². The van der Waals surface area contributed by atoms with Crippen LogP contribution in [0, 0.1) is 6.92 Å². The molecule has 0 unspecified atom stereocenters. The van der Waals surface area contributed by atoms with Crippen molar-refractivity contribution in [3.63, 3.8) is 0 Å². The minimum atomic E-state index is -3.32. The van der Waals surface area contributed by atoms with E-state index in [0.29, 0.717) is 11.7 Å². The van der Waals surface area contributed by atoms with Crippen molar-refractivity contribution >= 4 is 15.7 Å². The van der Waals surface area contributed by atoms with E-state index in [4.69, 9.17) is 4.52 Å². The molecule has 0 saturated heterocycles. The molecule has 0 aliphatic heterocycles. The summed E-state index contributed by atoms with van der Waals surface area (Å²) in [5.41, 5.74) is 0. The minimum absolute atomic E-state index is 0.140. The molecular formula is C10H12N4O3S. The van der Waals surface area contributed by atoms with Crippen molar-refractivity contribution in [1.82, 2.24) is 15.1 Å². The van der Waals surface area contributed by atoms with E-state index in [9.17, 15) is 8.42 Å². The van der Waals surface area contributed by atoms with Crippen LogP contribution in [-0.4, -0.2) is 29.8 Å². The number of hydrogen-bond donors (Lipinski definition) is 1. The number of pyridine rings is 1. The van der Waals surface area contributed by atoms with Gasteiger partial charge in [0.2, 0.25) is 5.89 Å². The maximum Gasteiger partial charge on any atom is 0.245 e. The standard InChI is InChI=1S/C10H12N4O3S/c1-7-13-9(17-14-7)6-12-10-8(18(2,15)16)4-3-5-11-10/h3-5H,6H2,1-2H3,(H,11,12). The van der Waals surface area contributed by atoms with E-state index in [1.807, 2.05) is 0 Å². The number of aryl methyl sites for hydroxylation is 1. The third kappa shape index (κ3) is 2.83. The first-order valence-electron chi connectivity index (χ1n) is 5.15. The largest absolute Gasteiger partial charge is 0.360 e. The first-order valence-corrected chi connectivity index (χ1v) is 7.04. The van der Waals surface area contributed by atoms with Gasteiger partial charge in [-0.1, -0.05) is 5.16 Å². The Morgan fingerprint density at radius 3 is 2.83 bits per heavy atom. The highest BCUT2D eigenvalue weighted by atomic mass is 32.2. The highest BCUT2D eigenvalue weighted by Gasteiger charge is 2.14. The lowest BCUT2D eigenvalue weighted by atomic mass is 10.4. The predicted molar refractivity (Wildman–Crippen MR) is 63.7 cm³/mol. The SMILES string of the molecule is Cc1noc(CNc2ncccc2S(C)(=O)=O)n1. The lowest BCUT2D eigenvalue weighted by molar-refractivity contribution is 0.379. The van der Waals surface area contributed by atoms with Crippen molar-refractivity contribution in [3.8, 4) is 0 Å². The van der Waals surface area contributed by atoms with Gasteiger partial charge in [0.1, 0.15) is 10.7 Å². The van der Waals surface area contributed by atoms with Crippen molar-refractivity contribution in [1.29, 1.82) is 0 Å². The van der Waals surface area contributed by atoms with Gasteiger partial charge >= 0.3 is 0 Å². The summed E-state index contributed by atoms with van der Waals surface area (Å²) in [6.07, 6.45) is 2.64. The first-order chi connectivity index (χ1) is 8.47. The highest BCUT2D eigenvalue weighted by Crippen LogP contribution is 2.18. The zero-order chi connectivity index (χ0) is 13.2. The fourth-order valence-corrected chi connectivity index (χ4v) is 2.20. The molecule has 18 heavy (non-hydrogen) atoms. The van der Waals surface area contributed by atoms with Crippen LogP contribution in [0.15, 0.2) is 27.7 Å². The Bertz CT molecular complexity index is 651. The molecule has 0 aliphatic carbocycles. The lowest BCUT2D eigenvalue weighted by Crippen LogP contribution is -2.08. The molecule has 0 atom stereocenters. The fraction of sp³-hybridized carbons (Fsp3) is 0.300. The zero-order valence-electron chi connectivity index (χ0n) is 9.91. The molecule has 2 aromatic heterocycles. The van der Waals surface area contributed by atoms with Crippen LogP contribution in [0.4, 0.5) is 5.82 Å². The Labute approximate surface area is 104 Å². The molecule has 0 saturated carbocycles. The van der Waals surface area contributed by atoms with Crippen LogP contribution in [0.5, 0.6) is 0 Å². The predicted octanol–water partition coefficient (Wildman–Crippen LogP) is 0.789. The summed E-state index contributed by atoms with van der Waals surface area (Å²) in [7, 11) is -3.32. The number of nitrogens with one attached hydrogen (secondary N) is 1. The first kappa shape index (κ1) is 12.5. The van der Waals surface area contributed by atoms with Gasteiger partial charge in [-0.3, -0.25) is 0 Å². The molecule has 1 N–H and O–H groups in total. The maximum atomic E-state index is 11.5. The van der Waals surface area contributed by atoms with E-state index in [0.717, 1.165) is 6.26 Å². The number of anilines is 1. The second-order valence-corrected chi connectivity index (χ2v) is 5.70. The minimum Gasteiger partial charge on any atom is -0.360 e. The number of aromatic nitrogens is 3. The van der Waals surface area contributed by atoms with E-state index in [2.05, 4.69) is 20.4 Å². The third-order valence-corrected chi connectivity index (χ3v) is 3.28. The lowest BCUT2D eigenvalue weighted by Gasteiger charge is -2.07. The summed E-state index contributed by atoms with van der Waals surface area (Å²) in [4.78, 5) is 8.13. The van der Waals surface area contributed by atoms with E-state index in [1.165, 1.54) is 12.3 Å². The molecule has 2 heterocycles. The van der Waals surface area contributed by atoms with Gasteiger partial charge in [0.15, 0.2) is 15.7 Å². The molecule has 2 aromatic rings. The van der Waals surface area contributed by atoms with Crippen molar-refractivity contribution < 1.29 is 12.9 Å². The van der Waals surface area contributed by atoms with E-state index < -0.39 is 9.84 Å². The van der Waals surface area contributed by atoms with E-state index in [-0.39, 0.29) is 17.3 Å². The Balaban J connectivity index is 2.20. The average Bonchev–Trinajstić information content (AvgIpc) is 2.72. The van der Waals surface area contributed by atoms with Crippen molar-refractivity contribution in [2.24, 2.45) is 0 Å². The summed E-state index contributed by atoms with van der Waals surface area (Å²) in [5.74, 6) is 1.17. The van der Waals surface area contributed by atoms with Crippen LogP contribution >= 0.6 is 0 Å². The summed E-state index contributed by atoms with van der Waals surface area (Å²) in [6.45, 7) is 1.93.